The Morgan fingerprint density at radius 3 is 2.64 bits per heavy atom. The predicted octanol–water partition coefficient (Wildman–Crippen LogP) is 2.05. The van der Waals surface area contributed by atoms with Crippen LogP contribution < -0.4 is 4.74 Å². The minimum absolute atomic E-state index is 0.0440. The van der Waals surface area contributed by atoms with Gasteiger partial charge in [-0.05, 0) is 38.2 Å². The van der Waals surface area contributed by atoms with Crippen molar-refractivity contribution < 1.29 is 14.3 Å². The molecule has 25 heavy (non-hydrogen) atoms. The molecule has 6 nitrogen and oxygen atoms in total. The van der Waals surface area contributed by atoms with E-state index in [-0.39, 0.29) is 12.0 Å². The zero-order chi connectivity index (χ0) is 17.8. The van der Waals surface area contributed by atoms with Crippen molar-refractivity contribution in [3.05, 3.63) is 23.9 Å². The molecule has 1 aromatic heterocycles. The second-order valence-electron chi connectivity index (χ2n) is 7.33. The molecular formula is C19H29N3O3. The van der Waals surface area contributed by atoms with Crippen LogP contribution in [0.3, 0.4) is 0 Å². The number of hydrogen-bond donors (Lipinski definition) is 0. The van der Waals surface area contributed by atoms with Crippen molar-refractivity contribution in [3.63, 3.8) is 0 Å². The first-order chi connectivity index (χ1) is 12.0. The van der Waals surface area contributed by atoms with Gasteiger partial charge in [0.25, 0.3) is 5.91 Å². The topological polar surface area (TPSA) is 54.9 Å². The number of aromatic nitrogens is 1. The minimum atomic E-state index is -0.0440. The van der Waals surface area contributed by atoms with Crippen LogP contribution in [0.1, 0.15) is 36.5 Å². The van der Waals surface area contributed by atoms with E-state index >= 15 is 0 Å². The highest BCUT2D eigenvalue weighted by Gasteiger charge is 2.28. The van der Waals surface area contributed by atoms with Crippen LogP contribution in [0.2, 0.25) is 0 Å². The first kappa shape index (κ1) is 18.1. The summed E-state index contributed by atoms with van der Waals surface area (Å²) in [5.41, 5.74) is 0.583. The molecule has 2 unspecified atom stereocenters. The van der Waals surface area contributed by atoms with Gasteiger partial charge in [-0.15, -0.1) is 0 Å². The van der Waals surface area contributed by atoms with E-state index in [1.165, 1.54) is 6.42 Å². The number of hydrogen-bond acceptors (Lipinski definition) is 5. The lowest BCUT2D eigenvalue weighted by molar-refractivity contribution is 0.0656. The highest BCUT2D eigenvalue weighted by molar-refractivity contribution is 5.93. The number of carbonyl (C=O) groups excluding carboxylic acids is 1. The molecule has 0 radical (unpaired) electrons. The fourth-order valence-electron chi connectivity index (χ4n) is 3.56. The number of carbonyl (C=O) groups is 1. The van der Waals surface area contributed by atoms with Crippen LogP contribution >= 0.6 is 0 Å². The van der Waals surface area contributed by atoms with Crippen LogP contribution in [-0.2, 0) is 4.74 Å². The smallest absolute Gasteiger partial charge is 0.254 e. The Balaban J connectivity index is 1.45. The highest BCUT2D eigenvalue weighted by atomic mass is 16.5. The summed E-state index contributed by atoms with van der Waals surface area (Å²) in [4.78, 5) is 20.2. The standard InChI is InChI=1S/C19H29N3O3/c1-14-16(8-11-24-14)13-22-9-6-17(7-10-22)25-18-5-4-15(12-20-18)19(23)21(2)3/h4-5,12,14,16-17H,6-11,13H2,1-3H3. The molecule has 2 fully saturated rings. The van der Waals surface area contributed by atoms with Crippen LogP contribution in [0.5, 0.6) is 5.88 Å². The minimum Gasteiger partial charge on any atom is -0.474 e. The van der Waals surface area contributed by atoms with E-state index < -0.39 is 0 Å². The van der Waals surface area contributed by atoms with Crippen molar-refractivity contribution in [2.24, 2.45) is 5.92 Å². The Kier molecular flexibility index (Phi) is 5.91. The average molecular weight is 347 g/mol. The molecule has 2 aliphatic heterocycles. The summed E-state index contributed by atoms with van der Waals surface area (Å²) in [6.07, 6.45) is 5.40. The van der Waals surface area contributed by atoms with Gasteiger partial charge in [-0.3, -0.25) is 4.79 Å². The Bertz CT molecular complexity index is 568. The van der Waals surface area contributed by atoms with Crippen molar-refractivity contribution in [2.75, 3.05) is 40.3 Å². The number of rotatable bonds is 5. The van der Waals surface area contributed by atoms with Crippen molar-refractivity contribution in [2.45, 2.75) is 38.4 Å². The summed E-state index contributed by atoms with van der Waals surface area (Å²) in [5.74, 6) is 1.23. The third kappa shape index (κ3) is 4.70. The van der Waals surface area contributed by atoms with Crippen LogP contribution in [-0.4, -0.2) is 73.2 Å². The number of nitrogens with zero attached hydrogens (tertiary/aromatic N) is 3. The maximum Gasteiger partial charge on any atom is 0.254 e. The third-order valence-electron chi connectivity index (χ3n) is 5.24. The van der Waals surface area contributed by atoms with Gasteiger partial charge in [0, 0.05) is 52.6 Å². The van der Waals surface area contributed by atoms with Crippen molar-refractivity contribution in [1.29, 1.82) is 0 Å². The van der Waals surface area contributed by atoms with Crippen LogP contribution in [0, 0.1) is 5.92 Å². The summed E-state index contributed by atoms with van der Waals surface area (Å²) in [7, 11) is 3.47. The summed E-state index contributed by atoms with van der Waals surface area (Å²) < 4.78 is 11.7. The predicted molar refractivity (Wildman–Crippen MR) is 95.9 cm³/mol. The number of piperidine rings is 1. The summed E-state index contributed by atoms with van der Waals surface area (Å²) in [6.45, 7) is 6.34. The molecule has 0 bridgehead atoms. The quantitative estimate of drug-likeness (QED) is 0.816. The number of pyridine rings is 1. The first-order valence-corrected chi connectivity index (χ1v) is 9.21. The second-order valence-corrected chi connectivity index (χ2v) is 7.33. The molecule has 138 valence electrons. The third-order valence-corrected chi connectivity index (χ3v) is 5.24. The molecule has 0 spiro atoms. The molecule has 1 aromatic rings. The lowest BCUT2D eigenvalue weighted by atomic mass is 10.00. The summed E-state index contributed by atoms with van der Waals surface area (Å²) in [5, 5.41) is 0. The van der Waals surface area contributed by atoms with Gasteiger partial charge in [-0.2, -0.15) is 0 Å². The molecule has 2 atom stereocenters. The Morgan fingerprint density at radius 2 is 2.08 bits per heavy atom. The van der Waals surface area contributed by atoms with Gasteiger partial charge in [0.05, 0.1) is 11.7 Å². The molecule has 6 heteroatoms. The molecule has 0 saturated carbocycles. The van der Waals surface area contributed by atoms with Gasteiger partial charge in [0.2, 0.25) is 5.88 Å². The fourth-order valence-corrected chi connectivity index (χ4v) is 3.56. The van der Waals surface area contributed by atoms with E-state index in [0.29, 0.717) is 23.5 Å². The van der Waals surface area contributed by atoms with Gasteiger partial charge >= 0.3 is 0 Å². The van der Waals surface area contributed by atoms with Gasteiger partial charge in [-0.1, -0.05) is 0 Å². The average Bonchev–Trinajstić information content (AvgIpc) is 3.01. The van der Waals surface area contributed by atoms with E-state index in [2.05, 4.69) is 16.8 Å². The summed E-state index contributed by atoms with van der Waals surface area (Å²) in [6, 6.07) is 3.57. The lowest BCUT2D eigenvalue weighted by Gasteiger charge is -2.33. The maximum atomic E-state index is 11.9. The first-order valence-electron chi connectivity index (χ1n) is 9.21. The number of likely N-dealkylation sites (tertiary alicyclic amines) is 1. The van der Waals surface area contributed by atoms with Crippen LogP contribution in [0.4, 0.5) is 0 Å². The number of ether oxygens (including phenoxy) is 2. The SMILES string of the molecule is CC1OCCC1CN1CCC(Oc2ccc(C(=O)N(C)C)cn2)CC1. The van der Waals surface area contributed by atoms with Crippen LogP contribution in [0.25, 0.3) is 0 Å². The zero-order valence-corrected chi connectivity index (χ0v) is 15.5. The maximum absolute atomic E-state index is 11.9. The van der Waals surface area contributed by atoms with E-state index in [1.807, 2.05) is 0 Å². The van der Waals surface area contributed by atoms with E-state index in [9.17, 15) is 4.79 Å². The highest BCUT2D eigenvalue weighted by Crippen LogP contribution is 2.24. The molecule has 0 N–H and O–H groups in total. The van der Waals surface area contributed by atoms with E-state index in [4.69, 9.17) is 9.47 Å². The Labute approximate surface area is 150 Å². The fraction of sp³-hybridized carbons (Fsp3) is 0.684. The molecule has 0 aromatic carbocycles. The molecule has 0 aliphatic carbocycles. The van der Waals surface area contributed by atoms with Crippen molar-refractivity contribution in [3.8, 4) is 5.88 Å². The normalized spacial score (nSPS) is 25.1. The molecule has 3 rings (SSSR count). The Morgan fingerprint density at radius 1 is 1.32 bits per heavy atom. The van der Waals surface area contributed by atoms with Crippen LogP contribution in [0.15, 0.2) is 18.3 Å². The van der Waals surface area contributed by atoms with Gasteiger partial charge in [0.1, 0.15) is 6.10 Å². The number of amides is 1. The van der Waals surface area contributed by atoms with Gasteiger partial charge < -0.3 is 19.3 Å². The largest absolute Gasteiger partial charge is 0.474 e. The molecule has 2 saturated heterocycles. The Hall–Kier alpha value is -1.66. The second kappa shape index (κ2) is 8.15. The van der Waals surface area contributed by atoms with Crippen molar-refractivity contribution >= 4 is 5.91 Å². The van der Waals surface area contributed by atoms with Gasteiger partial charge in [0.15, 0.2) is 0 Å². The monoisotopic (exact) mass is 347 g/mol. The molecule has 2 aliphatic rings. The molecular weight excluding hydrogens is 318 g/mol. The van der Waals surface area contributed by atoms with Crippen molar-refractivity contribution in [1.82, 2.24) is 14.8 Å². The van der Waals surface area contributed by atoms with E-state index in [1.54, 1.807) is 37.3 Å². The van der Waals surface area contributed by atoms with Gasteiger partial charge in [-0.25, -0.2) is 4.98 Å². The lowest BCUT2D eigenvalue weighted by Crippen LogP contribution is -2.41. The molecule has 1 amide bonds. The summed E-state index contributed by atoms with van der Waals surface area (Å²) >= 11 is 0. The van der Waals surface area contributed by atoms with E-state index in [0.717, 1.165) is 39.1 Å². The zero-order valence-electron chi connectivity index (χ0n) is 15.5. The molecule has 3 heterocycles.